The average molecular weight is 488 g/mol. The van der Waals surface area contributed by atoms with Gasteiger partial charge < -0.3 is 20.3 Å². The number of ether oxygens (including phenoxy) is 1. The molecule has 0 bridgehead atoms. The summed E-state index contributed by atoms with van der Waals surface area (Å²) in [5.74, 6) is 0.870. The Balaban J connectivity index is 0.00000364. The number of nitrogens with one attached hydrogen (secondary N) is 2. The van der Waals surface area contributed by atoms with Gasteiger partial charge in [0.1, 0.15) is 0 Å². The average Bonchev–Trinajstić information content (AvgIpc) is 2.68. The van der Waals surface area contributed by atoms with Crippen LogP contribution < -0.4 is 10.6 Å². The van der Waals surface area contributed by atoms with Crippen molar-refractivity contribution in [1.29, 1.82) is 0 Å². The van der Waals surface area contributed by atoms with Gasteiger partial charge in [-0.2, -0.15) is 0 Å². The van der Waals surface area contributed by atoms with E-state index in [4.69, 9.17) is 4.74 Å². The van der Waals surface area contributed by atoms with Crippen molar-refractivity contribution in [1.82, 2.24) is 15.5 Å². The number of guanidine groups is 1. The van der Waals surface area contributed by atoms with Crippen LogP contribution in [-0.2, 0) is 17.9 Å². The zero-order valence-corrected chi connectivity index (χ0v) is 19.5. The Labute approximate surface area is 182 Å². The van der Waals surface area contributed by atoms with E-state index in [0.717, 1.165) is 38.1 Å². The van der Waals surface area contributed by atoms with Gasteiger partial charge in [-0.1, -0.05) is 30.7 Å². The minimum Gasteiger partial charge on any atom is -0.377 e. The minimum atomic E-state index is 0. The standard InChI is InChI=1S/C21H36N4O.HI/c1-4-26-17-20-11-9-19(10-12-20)16-24-21(22-3)23-13-7-15-25-14-6-5-8-18(25)2;/h9-12,18H,4-8,13-17H2,1-3H3,(H2,22,23,24);1H. The number of aliphatic imine (C=N–C) groups is 1. The molecule has 5 nitrogen and oxygen atoms in total. The van der Waals surface area contributed by atoms with E-state index in [1.165, 1.54) is 43.5 Å². The van der Waals surface area contributed by atoms with Gasteiger partial charge in [0.15, 0.2) is 5.96 Å². The molecule has 0 spiro atoms. The van der Waals surface area contributed by atoms with Gasteiger partial charge in [-0.15, -0.1) is 24.0 Å². The van der Waals surface area contributed by atoms with Crippen molar-refractivity contribution in [3.63, 3.8) is 0 Å². The number of likely N-dealkylation sites (tertiary alicyclic amines) is 1. The van der Waals surface area contributed by atoms with Gasteiger partial charge in [0, 0.05) is 39.3 Å². The van der Waals surface area contributed by atoms with Crippen molar-refractivity contribution < 1.29 is 4.74 Å². The van der Waals surface area contributed by atoms with Crippen molar-refractivity contribution in [3.8, 4) is 0 Å². The van der Waals surface area contributed by atoms with E-state index < -0.39 is 0 Å². The molecule has 1 aliphatic heterocycles. The Morgan fingerprint density at radius 1 is 1.19 bits per heavy atom. The molecule has 27 heavy (non-hydrogen) atoms. The summed E-state index contributed by atoms with van der Waals surface area (Å²) in [5.41, 5.74) is 2.46. The molecule has 1 aromatic rings. The maximum atomic E-state index is 5.43. The summed E-state index contributed by atoms with van der Waals surface area (Å²) < 4.78 is 5.43. The molecule has 0 radical (unpaired) electrons. The van der Waals surface area contributed by atoms with Crippen molar-refractivity contribution in [2.45, 2.75) is 58.7 Å². The second-order valence-corrected chi connectivity index (χ2v) is 7.04. The van der Waals surface area contributed by atoms with Gasteiger partial charge in [-0.3, -0.25) is 4.99 Å². The van der Waals surface area contributed by atoms with Crippen LogP contribution in [-0.4, -0.2) is 50.2 Å². The maximum Gasteiger partial charge on any atom is 0.191 e. The van der Waals surface area contributed by atoms with Crippen LogP contribution in [0.2, 0.25) is 0 Å². The molecule has 1 heterocycles. The lowest BCUT2D eigenvalue weighted by Gasteiger charge is -2.33. The van der Waals surface area contributed by atoms with Gasteiger partial charge in [-0.25, -0.2) is 0 Å². The lowest BCUT2D eigenvalue weighted by Crippen LogP contribution is -2.41. The fourth-order valence-electron chi connectivity index (χ4n) is 3.36. The Morgan fingerprint density at radius 3 is 2.59 bits per heavy atom. The summed E-state index contributed by atoms with van der Waals surface area (Å²) in [5, 5.41) is 6.82. The number of benzene rings is 1. The number of hydrogen-bond acceptors (Lipinski definition) is 3. The summed E-state index contributed by atoms with van der Waals surface area (Å²) in [4.78, 5) is 6.94. The topological polar surface area (TPSA) is 48.9 Å². The highest BCUT2D eigenvalue weighted by Gasteiger charge is 2.17. The number of rotatable bonds is 9. The first kappa shape index (κ1) is 24.2. The van der Waals surface area contributed by atoms with Gasteiger partial charge in [0.25, 0.3) is 0 Å². The summed E-state index contributed by atoms with van der Waals surface area (Å²) in [6.07, 6.45) is 5.24. The van der Waals surface area contributed by atoms with Crippen LogP contribution in [0.3, 0.4) is 0 Å². The molecule has 1 saturated heterocycles. The van der Waals surface area contributed by atoms with Crippen LogP contribution in [0.5, 0.6) is 0 Å². The predicted octanol–water partition coefficient (Wildman–Crippen LogP) is 3.77. The van der Waals surface area contributed by atoms with E-state index in [2.05, 4.69) is 51.7 Å². The molecule has 154 valence electrons. The summed E-state index contributed by atoms with van der Waals surface area (Å²) in [6, 6.07) is 9.29. The van der Waals surface area contributed by atoms with E-state index in [1.807, 2.05) is 14.0 Å². The van der Waals surface area contributed by atoms with Crippen molar-refractivity contribution >= 4 is 29.9 Å². The molecule has 0 aromatic heterocycles. The molecule has 0 saturated carbocycles. The second kappa shape index (κ2) is 14.2. The molecule has 1 aliphatic rings. The van der Waals surface area contributed by atoms with E-state index >= 15 is 0 Å². The highest BCUT2D eigenvalue weighted by atomic mass is 127. The molecule has 1 atom stereocenters. The lowest BCUT2D eigenvalue weighted by molar-refractivity contribution is 0.134. The Bertz CT molecular complexity index is 535. The molecule has 1 aromatic carbocycles. The zero-order chi connectivity index (χ0) is 18.6. The molecule has 6 heteroatoms. The molecular formula is C21H37IN4O. The molecular weight excluding hydrogens is 451 g/mol. The summed E-state index contributed by atoms with van der Waals surface area (Å²) in [7, 11) is 1.83. The molecule has 0 amide bonds. The molecule has 2 rings (SSSR count). The zero-order valence-electron chi connectivity index (χ0n) is 17.2. The van der Waals surface area contributed by atoms with Gasteiger partial charge in [-0.05, 0) is 50.8 Å². The van der Waals surface area contributed by atoms with Crippen molar-refractivity contribution in [2.75, 3.05) is 33.3 Å². The second-order valence-electron chi connectivity index (χ2n) is 7.04. The third-order valence-corrected chi connectivity index (χ3v) is 5.03. The first-order chi connectivity index (χ1) is 12.7. The summed E-state index contributed by atoms with van der Waals surface area (Å²) in [6.45, 7) is 9.97. The molecule has 1 fully saturated rings. The largest absolute Gasteiger partial charge is 0.377 e. The number of piperidine rings is 1. The third kappa shape index (κ3) is 9.25. The van der Waals surface area contributed by atoms with E-state index in [1.54, 1.807) is 0 Å². The highest BCUT2D eigenvalue weighted by molar-refractivity contribution is 14.0. The van der Waals surface area contributed by atoms with Crippen LogP contribution in [0.1, 0.15) is 50.7 Å². The van der Waals surface area contributed by atoms with Crippen LogP contribution >= 0.6 is 24.0 Å². The number of hydrogen-bond donors (Lipinski definition) is 2. The normalized spacial score (nSPS) is 18.0. The third-order valence-electron chi connectivity index (χ3n) is 5.03. The Morgan fingerprint density at radius 2 is 1.93 bits per heavy atom. The minimum absolute atomic E-state index is 0. The monoisotopic (exact) mass is 488 g/mol. The fraction of sp³-hybridized carbons (Fsp3) is 0.667. The first-order valence-electron chi connectivity index (χ1n) is 10.1. The SMILES string of the molecule is CCOCc1ccc(CNC(=NC)NCCCN2CCCCC2C)cc1.I. The molecule has 1 unspecified atom stereocenters. The van der Waals surface area contributed by atoms with E-state index in [-0.39, 0.29) is 24.0 Å². The van der Waals surface area contributed by atoms with Gasteiger partial charge >= 0.3 is 0 Å². The van der Waals surface area contributed by atoms with Gasteiger partial charge in [0.05, 0.1) is 6.61 Å². The van der Waals surface area contributed by atoms with E-state index in [0.29, 0.717) is 6.61 Å². The fourth-order valence-corrected chi connectivity index (χ4v) is 3.36. The van der Waals surface area contributed by atoms with Crippen LogP contribution in [0.25, 0.3) is 0 Å². The lowest BCUT2D eigenvalue weighted by atomic mass is 10.0. The van der Waals surface area contributed by atoms with Crippen LogP contribution in [0.4, 0.5) is 0 Å². The quantitative estimate of drug-likeness (QED) is 0.241. The van der Waals surface area contributed by atoms with Crippen molar-refractivity contribution in [2.24, 2.45) is 4.99 Å². The first-order valence-corrected chi connectivity index (χ1v) is 10.1. The molecule has 2 N–H and O–H groups in total. The summed E-state index contributed by atoms with van der Waals surface area (Å²) >= 11 is 0. The van der Waals surface area contributed by atoms with Crippen molar-refractivity contribution in [3.05, 3.63) is 35.4 Å². The Kier molecular flexibility index (Phi) is 12.7. The van der Waals surface area contributed by atoms with E-state index in [9.17, 15) is 0 Å². The Hall–Kier alpha value is -0.860. The predicted molar refractivity (Wildman–Crippen MR) is 125 cm³/mol. The maximum absolute atomic E-state index is 5.43. The smallest absolute Gasteiger partial charge is 0.191 e. The highest BCUT2D eigenvalue weighted by Crippen LogP contribution is 2.16. The molecule has 0 aliphatic carbocycles. The van der Waals surface area contributed by atoms with Gasteiger partial charge in [0.2, 0.25) is 0 Å². The van der Waals surface area contributed by atoms with Crippen LogP contribution in [0, 0.1) is 0 Å². The number of halogens is 1. The van der Waals surface area contributed by atoms with Crippen LogP contribution in [0.15, 0.2) is 29.3 Å². The number of nitrogens with zero attached hydrogens (tertiary/aromatic N) is 2.